The number of hydrogen-bond donors (Lipinski definition) is 0. The molecule has 4 nitrogen and oxygen atoms in total. The maximum atomic E-state index is 11.9. The summed E-state index contributed by atoms with van der Waals surface area (Å²) in [5.74, 6) is 0. The van der Waals surface area contributed by atoms with Crippen LogP contribution in [0.4, 0.5) is 0 Å². The molecule has 2 aliphatic heterocycles. The van der Waals surface area contributed by atoms with Gasteiger partial charge in [-0.3, -0.25) is 0 Å². The number of nitrogens with zero attached hydrogens (tertiary/aromatic N) is 2. The van der Waals surface area contributed by atoms with E-state index in [2.05, 4.69) is 0 Å². The van der Waals surface area contributed by atoms with Gasteiger partial charge < -0.3 is 10.4 Å². The molecule has 0 aromatic rings. The largest absolute Gasteiger partial charge is 0.616 e. The van der Waals surface area contributed by atoms with Crippen molar-refractivity contribution >= 4 is 12.1 Å². The first kappa shape index (κ1) is 9.73. The molecule has 0 unspecified atom stereocenters. The van der Waals surface area contributed by atoms with Crippen molar-refractivity contribution in [1.29, 1.82) is 0 Å². The summed E-state index contributed by atoms with van der Waals surface area (Å²) < 4.78 is -0.604. The Morgan fingerprint density at radius 3 is 1.31 bits per heavy atom. The molecule has 2 fully saturated rings. The highest BCUT2D eigenvalue weighted by Gasteiger charge is 2.37. The Hall–Kier alpha value is 0.190. The first-order valence-electron chi connectivity index (χ1n) is 5.00. The molecule has 76 valence electrons. The molecular weight excluding hydrogens is 188 g/mol. The Kier molecular flexibility index (Phi) is 2.55. The standard InChI is InChI=1S/C8H16N2O2S/c11-9(5-1-2-6-9)13-10(12)7-3-4-8-10/h1-8H2. The zero-order chi connectivity index (χ0) is 9.36. The molecule has 0 aromatic heterocycles. The van der Waals surface area contributed by atoms with Crippen molar-refractivity contribution in [3.8, 4) is 0 Å². The van der Waals surface area contributed by atoms with Gasteiger partial charge in [-0.15, -0.1) is 0 Å². The van der Waals surface area contributed by atoms with E-state index in [1.807, 2.05) is 0 Å². The summed E-state index contributed by atoms with van der Waals surface area (Å²) in [5, 5.41) is 23.9. The van der Waals surface area contributed by atoms with Crippen molar-refractivity contribution in [2.75, 3.05) is 26.2 Å². The monoisotopic (exact) mass is 204 g/mol. The van der Waals surface area contributed by atoms with Crippen LogP contribution in [0.15, 0.2) is 0 Å². The first-order valence-corrected chi connectivity index (χ1v) is 5.73. The summed E-state index contributed by atoms with van der Waals surface area (Å²) in [4.78, 5) is 0. The fourth-order valence-corrected chi connectivity index (χ4v) is 3.45. The van der Waals surface area contributed by atoms with Gasteiger partial charge in [0.2, 0.25) is 0 Å². The lowest BCUT2D eigenvalue weighted by atomic mass is 10.4. The highest BCUT2D eigenvalue weighted by atomic mass is 32.2. The van der Waals surface area contributed by atoms with Crippen LogP contribution in [0, 0.1) is 10.4 Å². The fourth-order valence-electron chi connectivity index (χ4n) is 2.07. The summed E-state index contributed by atoms with van der Waals surface area (Å²) in [6.07, 6.45) is 3.93. The molecule has 2 heterocycles. The summed E-state index contributed by atoms with van der Waals surface area (Å²) >= 11 is 1.08. The van der Waals surface area contributed by atoms with Crippen molar-refractivity contribution < 1.29 is 8.10 Å². The Balaban J connectivity index is 1.95. The molecule has 2 rings (SSSR count). The van der Waals surface area contributed by atoms with Crippen LogP contribution in [0.3, 0.4) is 0 Å². The maximum Gasteiger partial charge on any atom is 0.324 e. The van der Waals surface area contributed by atoms with E-state index in [0.717, 1.165) is 37.8 Å². The molecule has 0 atom stereocenters. The molecule has 0 radical (unpaired) electrons. The average Bonchev–Trinajstić information content (AvgIpc) is 2.60. The molecule has 2 saturated heterocycles. The van der Waals surface area contributed by atoms with Gasteiger partial charge in [0.15, 0.2) is 0 Å². The summed E-state index contributed by atoms with van der Waals surface area (Å²) in [6.45, 7) is 2.53. The third-order valence-corrected chi connectivity index (χ3v) is 4.12. The molecule has 0 bridgehead atoms. The minimum atomic E-state index is -0.302. The average molecular weight is 204 g/mol. The summed E-state index contributed by atoms with van der Waals surface area (Å²) in [7, 11) is 0. The van der Waals surface area contributed by atoms with E-state index in [1.54, 1.807) is 0 Å². The van der Waals surface area contributed by atoms with E-state index in [9.17, 15) is 10.4 Å². The second-order valence-electron chi connectivity index (χ2n) is 4.02. The second-order valence-corrected chi connectivity index (χ2v) is 5.51. The smallest absolute Gasteiger partial charge is 0.324 e. The SMILES string of the molecule is [O-][N+]1(S[N+]2([O-])CCCC2)CCCC1. The second kappa shape index (κ2) is 3.40. The Morgan fingerprint density at radius 1 is 0.692 bits per heavy atom. The van der Waals surface area contributed by atoms with Gasteiger partial charge in [0, 0.05) is 25.7 Å². The van der Waals surface area contributed by atoms with Gasteiger partial charge >= 0.3 is 12.1 Å². The molecule has 0 saturated carbocycles. The van der Waals surface area contributed by atoms with Gasteiger partial charge in [0.1, 0.15) is 0 Å². The highest BCUT2D eigenvalue weighted by Crippen LogP contribution is 2.38. The number of hydroxylamine groups is 4. The van der Waals surface area contributed by atoms with Gasteiger partial charge in [-0.1, -0.05) is 0 Å². The van der Waals surface area contributed by atoms with Crippen LogP contribution in [-0.4, -0.2) is 34.3 Å². The lowest BCUT2D eigenvalue weighted by Crippen LogP contribution is -2.42. The van der Waals surface area contributed by atoms with Crippen molar-refractivity contribution in [2.24, 2.45) is 0 Å². The summed E-state index contributed by atoms with van der Waals surface area (Å²) in [6, 6.07) is 0. The van der Waals surface area contributed by atoms with E-state index >= 15 is 0 Å². The zero-order valence-corrected chi connectivity index (χ0v) is 8.59. The van der Waals surface area contributed by atoms with E-state index in [0.29, 0.717) is 26.2 Å². The van der Waals surface area contributed by atoms with Crippen LogP contribution >= 0.6 is 12.1 Å². The van der Waals surface area contributed by atoms with Gasteiger partial charge in [-0.05, 0) is 0 Å². The minimum absolute atomic E-state index is 0.302. The number of hydrogen-bond acceptors (Lipinski definition) is 3. The number of rotatable bonds is 2. The Labute approximate surface area is 83.1 Å². The van der Waals surface area contributed by atoms with Gasteiger partial charge in [0.05, 0.1) is 26.2 Å². The molecule has 0 aromatic carbocycles. The predicted octanol–water partition coefficient (Wildman–Crippen LogP) is 1.77. The van der Waals surface area contributed by atoms with Crippen molar-refractivity contribution in [3.05, 3.63) is 10.4 Å². The zero-order valence-electron chi connectivity index (χ0n) is 7.78. The van der Waals surface area contributed by atoms with Crippen molar-refractivity contribution in [1.82, 2.24) is 0 Å². The topological polar surface area (TPSA) is 46.1 Å². The van der Waals surface area contributed by atoms with Gasteiger partial charge in [-0.25, -0.2) is 8.10 Å². The third kappa shape index (κ3) is 2.16. The first-order chi connectivity index (χ1) is 6.12. The molecule has 2 aliphatic rings. The van der Waals surface area contributed by atoms with E-state index in [1.165, 1.54) is 0 Å². The molecular formula is C8H16N2O2S. The van der Waals surface area contributed by atoms with E-state index in [4.69, 9.17) is 0 Å². The van der Waals surface area contributed by atoms with Crippen LogP contribution in [-0.2, 0) is 0 Å². The van der Waals surface area contributed by atoms with Crippen LogP contribution in [0.1, 0.15) is 25.7 Å². The molecule has 0 N–H and O–H groups in total. The normalized spacial score (nSPS) is 30.9. The number of quaternary nitrogens is 2. The van der Waals surface area contributed by atoms with Crippen molar-refractivity contribution in [3.63, 3.8) is 0 Å². The van der Waals surface area contributed by atoms with Gasteiger partial charge in [-0.2, -0.15) is 0 Å². The highest BCUT2D eigenvalue weighted by molar-refractivity contribution is 7.88. The quantitative estimate of drug-likeness (QED) is 0.391. The Bertz CT molecular complexity index is 169. The Morgan fingerprint density at radius 2 is 1.00 bits per heavy atom. The maximum absolute atomic E-state index is 11.9. The van der Waals surface area contributed by atoms with Gasteiger partial charge in [0.25, 0.3) is 0 Å². The molecule has 0 spiro atoms. The predicted molar refractivity (Wildman–Crippen MR) is 52.8 cm³/mol. The van der Waals surface area contributed by atoms with Crippen LogP contribution in [0.25, 0.3) is 0 Å². The van der Waals surface area contributed by atoms with E-state index < -0.39 is 0 Å². The molecule has 0 amide bonds. The summed E-state index contributed by atoms with van der Waals surface area (Å²) in [5.41, 5.74) is 0. The fraction of sp³-hybridized carbons (Fsp3) is 1.00. The third-order valence-electron chi connectivity index (χ3n) is 2.79. The van der Waals surface area contributed by atoms with Crippen molar-refractivity contribution in [2.45, 2.75) is 25.7 Å². The van der Waals surface area contributed by atoms with Crippen LogP contribution in [0.5, 0.6) is 0 Å². The van der Waals surface area contributed by atoms with Crippen LogP contribution < -0.4 is 0 Å². The lowest BCUT2D eigenvalue weighted by molar-refractivity contribution is -0.815. The minimum Gasteiger partial charge on any atom is -0.616 e. The molecule has 13 heavy (non-hydrogen) atoms. The molecule has 0 aliphatic carbocycles. The van der Waals surface area contributed by atoms with E-state index in [-0.39, 0.29) is 8.10 Å². The molecule has 5 heteroatoms. The lowest BCUT2D eigenvalue weighted by Gasteiger charge is -2.42. The van der Waals surface area contributed by atoms with Crippen LogP contribution in [0.2, 0.25) is 0 Å².